The number of rotatable bonds is 9. The van der Waals surface area contributed by atoms with Crippen LogP contribution in [0.2, 0.25) is 0 Å². The number of methoxy groups -OCH3 is 2. The summed E-state index contributed by atoms with van der Waals surface area (Å²) >= 11 is 0. The number of Topliss-reactive ketones (excluding diaryl/α,β-unsaturated/α-hetero) is 1. The van der Waals surface area contributed by atoms with E-state index >= 15 is 0 Å². The van der Waals surface area contributed by atoms with E-state index in [1.54, 1.807) is 44.6 Å². The first-order valence-electron chi connectivity index (χ1n) is 7.13. The van der Waals surface area contributed by atoms with E-state index in [0.29, 0.717) is 29.9 Å². The van der Waals surface area contributed by atoms with Crippen molar-refractivity contribution in [2.75, 3.05) is 28.3 Å². The molecule has 0 saturated heterocycles. The quantitative estimate of drug-likeness (QED) is 0.518. The fourth-order valence-corrected chi connectivity index (χ4v) is 2.56. The largest absolute Gasteiger partial charge is 0.493 e. The van der Waals surface area contributed by atoms with Crippen LogP contribution in [-0.2, 0) is 0 Å². The van der Waals surface area contributed by atoms with Gasteiger partial charge in [0, 0.05) is 5.56 Å². The lowest BCUT2D eigenvalue weighted by Crippen LogP contribution is -2.50. The fourth-order valence-electron chi connectivity index (χ4n) is 2.56. The molecule has 4 nitrogen and oxygen atoms in total. The molecule has 1 rings (SSSR count). The van der Waals surface area contributed by atoms with Gasteiger partial charge in [-0.3, -0.25) is 9.69 Å². The summed E-state index contributed by atoms with van der Waals surface area (Å²) in [4.78, 5) is 15.0. The van der Waals surface area contributed by atoms with Crippen molar-refractivity contribution in [3.63, 3.8) is 0 Å². The van der Waals surface area contributed by atoms with Crippen molar-refractivity contribution in [2.24, 2.45) is 0 Å². The molecule has 0 heterocycles. The molecule has 0 bridgehead atoms. The Kier molecular flexibility index (Phi) is 6.38. The lowest BCUT2D eigenvalue weighted by atomic mass is 9.82. The van der Waals surface area contributed by atoms with Gasteiger partial charge in [0.05, 0.1) is 19.8 Å². The van der Waals surface area contributed by atoms with E-state index < -0.39 is 5.54 Å². The Labute approximate surface area is 133 Å². The zero-order chi connectivity index (χ0) is 16.8. The Bertz CT molecular complexity index is 539. The number of ketones is 1. The molecule has 0 amide bonds. The predicted octanol–water partition coefficient (Wildman–Crippen LogP) is 3.34. The number of likely N-dealkylation sites (N-methyl/N-ethyl adjacent to an activating group) is 1. The maximum atomic E-state index is 13.1. The van der Waals surface area contributed by atoms with E-state index in [1.807, 2.05) is 19.0 Å². The average molecular weight is 303 g/mol. The van der Waals surface area contributed by atoms with Crippen LogP contribution in [0.5, 0.6) is 11.5 Å². The highest BCUT2D eigenvalue weighted by atomic mass is 16.5. The second kappa shape index (κ2) is 7.80. The van der Waals surface area contributed by atoms with Crippen molar-refractivity contribution in [3.8, 4) is 11.5 Å². The number of ether oxygens (including phenoxy) is 2. The monoisotopic (exact) mass is 303 g/mol. The van der Waals surface area contributed by atoms with Gasteiger partial charge in [-0.2, -0.15) is 0 Å². The molecule has 0 aromatic heterocycles. The third kappa shape index (κ3) is 3.39. The molecule has 0 unspecified atom stereocenters. The molecule has 22 heavy (non-hydrogen) atoms. The van der Waals surface area contributed by atoms with Gasteiger partial charge >= 0.3 is 0 Å². The molecular weight excluding hydrogens is 278 g/mol. The SMILES string of the molecule is C=CCC(CC=C)(C(=O)c1ccc(OC)c(OC)c1)N(C)C. The first-order chi connectivity index (χ1) is 10.5. The Balaban J connectivity index is 3.35. The van der Waals surface area contributed by atoms with E-state index in [4.69, 9.17) is 9.47 Å². The lowest BCUT2D eigenvalue weighted by molar-refractivity contribution is 0.0689. The number of nitrogens with zero attached hydrogens (tertiary/aromatic N) is 1. The van der Waals surface area contributed by atoms with Crippen LogP contribution in [0.4, 0.5) is 0 Å². The standard InChI is InChI=1S/C18H25NO3/c1-7-11-18(12-8-2,19(3)4)17(20)14-9-10-15(21-5)16(13-14)22-6/h7-10,13H,1-2,11-12H2,3-6H3. The van der Waals surface area contributed by atoms with E-state index in [2.05, 4.69) is 13.2 Å². The Hall–Kier alpha value is -2.07. The van der Waals surface area contributed by atoms with Gasteiger partial charge in [-0.05, 0) is 45.1 Å². The smallest absolute Gasteiger partial charge is 0.183 e. The molecule has 1 aromatic carbocycles. The first kappa shape index (κ1) is 18.0. The minimum atomic E-state index is -0.691. The maximum Gasteiger partial charge on any atom is 0.183 e. The Morgan fingerprint density at radius 1 is 1.14 bits per heavy atom. The molecule has 0 radical (unpaired) electrons. The zero-order valence-corrected chi connectivity index (χ0v) is 13.9. The number of carbonyl (C=O) groups excluding carboxylic acids is 1. The van der Waals surface area contributed by atoms with Crippen LogP contribution in [0, 0.1) is 0 Å². The molecule has 0 aliphatic carbocycles. The molecule has 1 aromatic rings. The number of carbonyl (C=O) groups is 1. The van der Waals surface area contributed by atoms with Crippen LogP contribution in [-0.4, -0.2) is 44.5 Å². The summed E-state index contributed by atoms with van der Waals surface area (Å²) < 4.78 is 10.5. The number of hydrogen-bond donors (Lipinski definition) is 0. The van der Waals surface area contributed by atoms with E-state index in [-0.39, 0.29) is 5.78 Å². The van der Waals surface area contributed by atoms with Gasteiger partial charge in [0.15, 0.2) is 17.3 Å². The van der Waals surface area contributed by atoms with Gasteiger partial charge in [0.25, 0.3) is 0 Å². The molecule has 0 aliphatic rings. The van der Waals surface area contributed by atoms with Crippen LogP contribution in [0.3, 0.4) is 0 Å². The highest BCUT2D eigenvalue weighted by Gasteiger charge is 2.39. The van der Waals surface area contributed by atoms with Crippen LogP contribution in [0.15, 0.2) is 43.5 Å². The summed E-state index contributed by atoms with van der Waals surface area (Å²) in [6, 6.07) is 5.22. The molecule has 0 N–H and O–H groups in total. The minimum Gasteiger partial charge on any atom is -0.493 e. The summed E-state index contributed by atoms with van der Waals surface area (Å²) in [5, 5.41) is 0. The van der Waals surface area contributed by atoms with Gasteiger partial charge in [-0.15, -0.1) is 13.2 Å². The topological polar surface area (TPSA) is 38.8 Å². The molecule has 4 heteroatoms. The van der Waals surface area contributed by atoms with Crippen molar-refractivity contribution in [1.29, 1.82) is 0 Å². The van der Waals surface area contributed by atoms with Gasteiger partial charge in [0.1, 0.15) is 0 Å². The van der Waals surface area contributed by atoms with Gasteiger partial charge in [-0.1, -0.05) is 12.2 Å². The molecule has 0 aliphatic heterocycles. The summed E-state index contributed by atoms with van der Waals surface area (Å²) in [5.74, 6) is 1.15. The summed E-state index contributed by atoms with van der Waals surface area (Å²) in [6.07, 6.45) is 4.61. The molecule has 0 atom stereocenters. The number of benzene rings is 1. The Morgan fingerprint density at radius 2 is 1.68 bits per heavy atom. The summed E-state index contributed by atoms with van der Waals surface area (Å²) in [7, 11) is 6.91. The van der Waals surface area contributed by atoms with Gasteiger partial charge in [0.2, 0.25) is 0 Å². The van der Waals surface area contributed by atoms with Crippen molar-refractivity contribution < 1.29 is 14.3 Å². The van der Waals surface area contributed by atoms with E-state index in [9.17, 15) is 4.79 Å². The van der Waals surface area contributed by atoms with E-state index in [1.165, 1.54) is 0 Å². The summed E-state index contributed by atoms with van der Waals surface area (Å²) in [6.45, 7) is 7.58. The average Bonchev–Trinajstić information content (AvgIpc) is 2.52. The van der Waals surface area contributed by atoms with Crippen LogP contribution < -0.4 is 9.47 Å². The highest BCUT2D eigenvalue weighted by Crippen LogP contribution is 2.32. The van der Waals surface area contributed by atoms with Gasteiger partial charge in [-0.25, -0.2) is 0 Å². The molecule has 0 spiro atoms. The van der Waals surface area contributed by atoms with Crippen molar-refractivity contribution in [2.45, 2.75) is 18.4 Å². The van der Waals surface area contributed by atoms with Crippen LogP contribution in [0.25, 0.3) is 0 Å². The van der Waals surface area contributed by atoms with E-state index in [0.717, 1.165) is 0 Å². The third-order valence-corrected chi connectivity index (χ3v) is 3.89. The maximum absolute atomic E-state index is 13.1. The highest BCUT2D eigenvalue weighted by molar-refractivity contribution is 6.04. The zero-order valence-electron chi connectivity index (χ0n) is 13.9. The molecular formula is C18H25NO3. The van der Waals surface area contributed by atoms with Gasteiger partial charge < -0.3 is 9.47 Å². The second-order valence-corrected chi connectivity index (χ2v) is 5.31. The molecule has 0 fully saturated rings. The normalized spacial score (nSPS) is 11.1. The Morgan fingerprint density at radius 3 is 2.09 bits per heavy atom. The lowest BCUT2D eigenvalue weighted by Gasteiger charge is -2.37. The van der Waals surface area contributed by atoms with Crippen molar-refractivity contribution >= 4 is 5.78 Å². The predicted molar refractivity (Wildman–Crippen MR) is 89.9 cm³/mol. The first-order valence-corrected chi connectivity index (χ1v) is 7.13. The fraction of sp³-hybridized carbons (Fsp3) is 0.389. The third-order valence-electron chi connectivity index (χ3n) is 3.89. The summed E-state index contributed by atoms with van der Waals surface area (Å²) in [5.41, 5.74) is -0.113. The minimum absolute atomic E-state index is 0.0123. The number of hydrogen-bond acceptors (Lipinski definition) is 4. The molecule has 0 saturated carbocycles. The van der Waals surface area contributed by atoms with Crippen LogP contribution >= 0.6 is 0 Å². The van der Waals surface area contributed by atoms with Crippen molar-refractivity contribution in [3.05, 3.63) is 49.1 Å². The van der Waals surface area contributed by atoms with Crippen LogP contribution in [0.1, 0.15) is 23.2 Å². The van der Waals surface area contributed by atoms with Crippen molar-refractivity contribution in [1.82, 2.24) is 4.90 Å². The second-order valence-electron chi connectivity index (χ2n) is 5.31. The molecule has 120 valence electrons.